The van der Waals surface area contributed by atoms with Crippen molar-refractivity contribution >= 4 is 29.0 Å². The minimum Gasteiger partial charge on any atom is -0.478 e. The molecule has 0 aromatic heterocycles. The second kappa shape index (κ2) is 7.89. The van der Waals surface area contributed by atoms with Crippen LogP contribution in [-0.4, -0.2) is 22.7 Å². The van der Waals surface area contributed by atoms with Gasteiger partial charge in [-0.15, -0.1) is 0 Å². The number of benzene rings is 2. The first kappa shape index (κ1) is 17.8. The maximum absolute atomic E-state index is 12.7. The number of aryl methyl sites for hydroxylation is 1. The molecule has 5 nitrogen and oxygen atoms in total. The molecule has 0 bridgehead atoms. The van der Waals surface area contributed by atoms with E-state index < -0.39 is 0 Å². The highest BCUT2D eigenvalue weighted by atomic mass is 32.2. The molecule has 0 spiro atoms. The van der Waals surface area contributed by atoms with Gasteiger partial charge in [0.15, 0.2) is 6.61 Å². The first-order valence-corrected chi connectivity index (χ1v) is 8.80. The van der Waals surface area contributed by atoms with Crippen LogP contribution >= 0.6 is 11.8 Å². The van der Waals surface area contributed by atoms with E-state index in [-0.39, 0.29) is 24.3 Å². The Hall–Kier alpha value is -3.04. The molecule has 2 amide bonds. The van der Waals surface area contributed by atoms with Gasteiger partial charge in [-0.2, -0.15) is 5.26 Å². The summed E-state index contributed by atoms with van der Waals surface area (Å²) >= 11 is 0.911. The van der Waals surface area contributed by atoms with Crippen molar-refractivity contribution in [2.75, 3.05) is 6.61 Å². The first-order valence-electron chi connectivity index (χ1n) is 7.98. The molecule has 1 saturated heterocycles. The quantitative estimate of drug-likeness (QED) is 0.746. The largest absolute Gasteiger partial charge is 0.478 e. The van der Waals surface area contributed by atoms with Crippen LogP contribution in [0.4, 0.5) is 4.79 Å². The van der Waals surface area contributed by atoms with Gasteiger partial charge < -0.3 is 4.74 Å². The molecule has 1 aliphatic heterocycles. The molecule has 1 heterocycles. The van der Waals surface area contributed by atoms with Crippen molar-refractivity contribution in [3.05, 3.63) is 70.1 Å². The van der Waals surface area contributed by atoms with Crippen molar-refractivity contribution in [2.24, 2.45) is 0 Å². The Balaban J connectivity index is 1.83. The molecule has 6 heteroatoms. The molecule has 0 radical (unpaired) electrons. The summed E-state index contributed by atoms with van der Waals surface area (Å²) in [6, 6.07) is 16.7. The Kier molecular flexibility index (Phi) is 5.40. The van der Waals surface area contributed by atoms with E-state index in [4.69, 9.17) is 10.00 Å². The van der Waals surface area contributed by atoms with Crippen molar-refractivity contribution in [2.45, 2.75) is 13.5 Å². The van der Waals surface area contributed by atoms with E-state index in [1.807, 2.05) is 43.3 Å². The van der Waals surface area contributed by atoms with Crippen molar-refractivity contribution in [3.63, 3.8) is 0 Å². The summed E-state index contributed by atoms with van der Waals surface area (Å²) < 4.78 is 5.37. The van der Waals surface area contributed by atoms with Crippen LogP contribution < -0.4 is 4.74 Å². The predicted molar refractivity (Wildman–Crippen MR) is 100 cm³/mol. The van der Waals surface area contributed by atoms with Crippen molar-refractivity contribution in [1.29, 1.82) is 5.26 Å². The number of ether oxygens (including phenoxy) is 1. The molecule has 130 valence electrons. The van der Waals surface area contributed by atoms with Crippen LogP contribution in [0.25, 0.3) is 6.08 Å². The highest BCUT2D eigenvalue weighted by molar-refractivity contribution is 8.18. The van der Waals surface area contributed by atoms with E-state index in [1.165, 1.54) is 4.90 Å². The second-order valence-corrected chi connectivity index (χ2v) is 6.73. The average molecular weight is 364 g/mol. The van der Waals surface area contributed by atoms with Gasteiger partial charge in [-0.25, -0.2) is 0 Å². The van der Waals surface area contributed by atoms with E-state index in [1.54, 1.807) is 24.3 Å². The molecule has 0 unspecified atom stereocenters. The van der Waals surface area contributed by atoms with Gasteiger partial charge in [-0.3, -0.25) is 14.5 Å². The summed E-state index contributed by atoms with van der Waals surface area (Å²) in [4.78, 5) is 26.5. The van der Waals surface area contributed by atoms with E-state index in [9.17, 15) is 9.59 Å². The van der Waals surface area contributed by atoms with Gasteiger partial charge in [0.2, 0.25) is 0 Å². The summed E-state index contributed by atoms with van der Waals surface area (Å²) in [6.45, 7) is 2.13. The number of para-hydroxylation sites is 1. The molecule has 0 N–H and O–H groups in total. The Morgan fingerprint density at radius 3 is 2.77 bits per heavy atom. The monoisotopic (exact) mass is 364 g/mol. The van der Waals surface area contributed by atoms with Crippen LogP contribution in [0.2, 0.25) is 0 Å². The minimum atomic E-state index is -0.323. The highest BCUT2D eigenvalue weighted by Crippen LogP contribution is 2.34. The Morgan fingerprint density at radius 2 is 2.00 bits per heavy atom. The van der Waals surface area contributed by atoms with Gasteiger partial charge in [0.05, 0.1) is 11.4 Å². The summed E-state index contributed by atoms with van der Waals surface area (Å²) in [7, 11) is 0. The van der Waals surface area contributed by atoms with Gasteiger partial charge in [-0.1, -0.05) is 48.0 Å². The third-order valence-electron chi connectivity index (χ3n) is 3.79. The standard InChI is InChI=1S/C20H16N2O3S/c1-14-5-4-6-15(11-14)13-22-19(23)18(26-20(22)24)12-16-7-2-3-8-17(16)25-10-9-21/h2-8,11-12H,10,13H2,1H3/b18-12-. The van der Waals surface area contributed by atoms with E-state index in [2.05, 4.69) is 0 Å². The number of thioether (sulfide) groups is 1. The SMILES string of the molecule is Cc1cccc(CN2C(=O)S/C(=C\c3ccccc3OCC#N)C2=O)c1. The first-order chi connectivity index (χ1) is 12.6. The Bertz CT molecular complexity index is 931. The average Bonchev–Trinajstić information content (AvgIpc) is 2.88. The van der Waals surface area contributed by atoms with Crippen LogP contribution in [0.1, 0.15) is 16.7 Å². The zero-order valence-corrected chi connectivity index (χ0v) is 15.0. The van der Waals surface area contributed by atoms with Crippen LogP contribution in [0, 0.1) is 18.3 Å². The molecule has 0 atom stereocenters. The fraction of sp³-hybridized carbons (Fsp3) is 0.150. The maximum atomic E-state index is 12.7. The second-order valence-electron chi connectivity index (χ2n) is 5.74. The fourth-order valence-corrected chi connectivity index (χ4v) is 3.44. The summed E-state index contributed by atoms with van der Waals surface area (Å²) in [5, 5.41) is 8.38. The van der Waals surface area contributed by atoms with Crippen LogP contribution in [0.15, 0.2) is 53.4 Å². The van der Waals surface area contributed by atoms with Gasteiger partial charge in [-0.05, 0) is 36.4 Å². The van der Waals surface area contributed by atoms with E-state index in [0.29, 0.717) is 16.2 Å². The van der Waals surface area contributed by atoms with Gasteiger partial charge >= 0.3 is 0 Å². The van der Waals surface area contributed by atoms with Crippen molar-refractivity contribution in [1.82, 2.24) is 4.90 Å². The highest BCUT2D eigenvalue weighted by Gasteiger charge is 2.35. The molecule has 26 heavy (non-hydrogen) atoms. The molecular formula is C20H16N2O3S. The number of nitrogens with zero attached hydrogens (tertiary/aromatic N) is 2. The van der Waals surface area contributed by atoms with Crippen LogP contribution in [0.3, 0.4) is 0 Å². The molecule has 2 aromatic rings. The number of rotatable bonds is 5. The van der Waals surface area contributed by atoms with E-state index >= 15 is 0 Å². The number of imide groups is 1. The molecule has 1 aliphatic rings. The maximum Gasteiger partial charge on any atom is 0.293 e. The summed E-state index contributed by atoms with van der Waals surface area (Å²) in [5.74, 6) is 0.177. The lowest BCUT2D eigenvalue weighted by atomic mass is 10.1. The Morgan fingerprint density at radius 1 is 1.19 bits per heavy atom. The van der Waals surface area contributed by atoms with Crippen LogP contribution in [0.5, 0.6) is 5.75 Å². The number of hydrogen-bond acceptors (Lipinski definition) is 5. The van der Waals surface area contributed by atoms with Crippen molar-refractivity contribution < 1.29 is 14.3 Å². The third kappa shape index (κ3) is 3.95. The van der Waals surface area contributed by atoms with E-state index in [0.717, 1.165) is 22.9 Å². The molecule has 1 fully saturated rings. The van der Waals surface area contributed by atoms with Crippen molar-refractivity contribution in [3.8, 4) is 11.8 Å². The zero-order valence-electron chi connectivity index (χ0n) is 14.1. The molecule has 0 saturated carbocycles. The van der Waals surface area contributed by atoms with Gasteiger partial charge in [0, 0.05) is 5.56 Å². The lowest BCUT2D eigenvalue weighted by Gasteiger charge is -2.12. The number of amides is 2. The predicted octanol–water partition coefficient (Wildman–Crippen LogP) is 4.13. The minimum absolute atomic E-state index is 0.0836. The zero-order chi connectivity index (χ0) is 18.5. The molecular weight excluding hydrogens is 348 g/mol. The van der Waals surface area contributed by atoms with Gasteiger partial charge in [0.1, 0.15) is 11.8 Å². The Labute approximate surface area is 155 Å². The summed E-state index contributed by atoms with van der Waals surface area (Å²) in [5.41, 5.74) is 2.64. The lowest BCUT2D eigenvalue weighted by Crippen LogP contribution is -2.27. The number of carbonyl (C=O) groups is 2. The smallest absolute Gasteiger partial charge is 0.293 e. The molecule has 2 aromatic carbocycles. The van der Waals surface area contributed by atoms with Gasteiger partial charge in [0.25, 0.3) is 11.1 Å². The third-order valence-corrected chi connectivity index (χ3v) is 4.70. The lowest BCUT2D eigenvalue weighted by molar-refractivity contribution is -0.123. The number of carbonyl (C=O) groups excluding carboxylic acids is 2. The summed E-state index contributed by atoms with van der Waals surface area (Å²) in [6.07, 6.45) is 1.63. The fourth-order valence-electron chi connectivity index (χ4n) is 2.61. The normalized spacial score (nSPS) is 15.4. The molecule has 0 aliphatic carbocycles. The number of nitriles is 1. The number of hydrogen-bond donors (Lipinski definition) is 0. The van der Waals surface area contributed by atoms with Crippen LogP contribution in [-0.2, 0) is 11.3 Å². The topological polar surface area (TPSA) is 70.4 Å². The molecule has 3 rings (SSSR count).